The summed E-state index contributed by atoms with van der Waals surface area (Å²) in [4.78, 5) is 10.0. The van der Waals surface area contributed by atoms with E-state index < -0.39 is 5.97 Å². The molecule has 0 unspecified atom stereocenters. The van der Waals surface area contributed by atoms with E-state index in [2.05, 4.69) is 0 Å². The Bertz CT molecular complexity index is 93.1. The van der Waals surface area contributed by atoms with Crippen LogP contribution in [0, 0.1) is 0 Å². The SMILES string of the molecule is CS[C@H](C)CCC(=O)O. The van der Waals surface area contributed by atoms with Gasteiger partial charge in [-0.05, 0) is 12.7 Å². The monoisotopic (exact) mass is 148 g/mol. The number of thioether (sulfide) groups is 1. The standard InChI is InChI=1S/C6H12O2S/c1-5(9-2)3-4-6(7)8/h5H,3-4H2,1-2H3,(H,7,8)/t5-/m1/s1. The first-order valence-electron chi connectivity index (χ1n) is 2.91. The van der Waals surface area contributed by atoms with Crippen LogP contribution in [0.15, 0.2) is 0 Å². The Labute approximate surface area is 59.6 Å². The van der Waals surface area contributed by atoms with E-state index in [9.17, 15) is 4.79 Å². The van der Waals surface area contributed by atoms with Crippen LogP contribution in [0.2, 0.25) is 0 Å². The minimum Gasteiger partial charge on any atom is -0.481 e. The van der Waals surface area contributed by atoms with Crippen molar-refractivity contribution in [3.05, 3.63) is 0 Å². The van der Waals surface area contributed by atoms with Crippen LogP contribution >= 0.6 is 11.8 Å². The number of hydrogen-bond donors (Lipinski definition) is 1. The van der Waals surface area contributed by atoms with Gasteiger partial charge < -0.3 is 5.11 Å². The van der Waals surface area contributed by atoms with Gasteiger partial charge in [-0.25, -0.2) is 0 Å². The number of hydrogen-bond acceptors (Lipinski definition) is 2. The average molecular weight is 148 g/mol. The number of carbonyl (C=O) groups is 1. The lowest BCUT2D eigenvalue weighted by Crippen LogP contribution is -2.01. The highest BCUT2D eigenvalue weighted by Gasteiger charge is 2.01. The molecule has 0 aromatic rings. The molecule has 2 nitrogen and oxygen atoms in total. The molecule has 1 atom stereocenters. The molecule has 0 fully saturated rings. The molecule has 0 heterocycles. The highest BCUT2D eigenvalue weighted by molar-refractivity contribution is 7.99. The predicted molar refractivity (Wildman–Crippen MR) is 39.8 cm³/mol. The second-order valence-corrected chi connectivity index (χ2v) is 3.25. The number of aliphatic carboxylic acids is 1. The molecule has 0 saturated heterocycles. The van der Waals surface area contributed by atoms with Crippen molar-refractivity contribution in [3.63, 3.8) is 0 Å². The molecule has 0 aromatic carbocycles. The summed E-state index contributed by atoms with van der Waals surface area (Å²) in [5, 5.41) is 8.72. The van der Waals surface area contributed by atoms with Gasteiger partial charge in [-0.1, -0.05) is 6.92 Å². The van der Waals surface area contributed by atoms with Crippen molar-refractivity contribution in [2.45, 2.75) is 25.0 Å². The minimum atomic E-state index is -0.698. The molecule has 0 aliphatic heterocycles. The molecule has 0 saturated carbocycles. The van der Waals surface area contributed by atoms with Crippen molar-refractivity contribution in [2.75, 3.05) is 6.26 Å². The van der Waals surface area contributed by atoms with E-state index in [1.165, 1.54) is 0 Å². The van der Waals surface area contributed by atoms with E-state index in [1.54, 1.807) is 11.8 Å². The molecular weight excluding hydrogens is 136 g/mol. The van der Waals surface area contributed by atoms with Crippen molar-refractivity contribution in [3.8, 4) is 0 Å². The molecule has 0 aliphatic rings. The van der Waals surface area contributed by atoms with Crippen LogP contribution < -0.4 is 0 Å². The summed E-state index contributed by atoms with van der Waals surface area (Å²) >= 11 is 1.70. The van der Waals surface area contributed by atoms with Gasteiger partial charge in [0.15, 0.2) is 0 Å². The van der Waals surface area contributed by atoms with Crippen LogP contribution in [-0.2, 0) is 4.79 Å². The molecule has 1 N–H and O–H groups in total. The highest BCUT2D eigenvalue weighted by Crippen LogP contribution is 2.10. The third-order valence-corrected chi connectivity index (χ3v) is 2.21. The van der Waals surface area contributed by atoms with Gasteiger partial charge in [0.05, 0.1) is 0 Å². The number of rotatable bonds is 4. The maximum absolute atomic E-state index is 10.0. The molecule has 3 heteroatoms. The molecule has 54 valence electrons. The first-order chi connectivity index (χ1) is 4.16. The summed E-state index contributed by atoms with van der Waals surface area (Å²) in [6.45, 7) is 2.04. The van der Waals surface area contributed by atoms with Gasteiger partial charge in [0.1, 0.15) is 0 Å². The average Bonchev–Trinajstić information content (AvgIpc) is 1.83. The molecule has 0 aliphatic carbocycles. The second kappa shape index (κ2) is 4.68. The van der Waals surface area contributed by atoms with Gasteiger partial charge in [0, 0.05) is 11.7 Å². The van der Waals surface area contributed by atoms with E-state index in [4.69, 9.17) is 5.11 Å². The summed E-state index contributed by atoms with van der Waals surface area (Å²) in [5.74, 6) is -0.698. The summed E-state index contributed by atoms with van der Waals surface area (Å²) in [6, 6.07) is 0. The normalized spacial score (nSPS) is 13.1. The zero-order chi connectivity index (χ0) is 7.28. The van der Waals surface area contributed by atoms with Crippen molar-refractivity contribution in [1.82, 2.24) is 0 Å². The highest BCUT2D eigenvalue weighted by atomic mass is 32.2. The third kappa shape index (κ3) is 5.69. The quantitative estimate of drug-likeness (QED) is 0.658. The van der Waals surface area contributed by atoms with Crippen LogP contribution in [0.5, 0.6) is 0 Å². The Balaban J connectivity index is 3.16. The second-order valence-electron chi connectivity index (χ2n) is 1.98. The first kappa shape index (κ1) is 8.82. The topological polar surface area (TPSA) is 37.3 Å². The van der Waals surface area contributed by atoms with Gasteiger partial charge in [0.25, 0.3) is 0 Å². The number of carboxylic acids is 1. The predicted octanol–water partition coefficient (Wildman–Crippen LogP) is 1.60. The summed E-state index contributed by atoms with van der Waals surface area (Å²) < 4.78 is 0. The summed E-state index contributed by atoms with van der Waals surface area (Å²) in [6.07, 6.45) is 3.06. The van der Waals surface area contributed by atoms with Crippen molar-refractivity contribution >= 4 is 17.7 Å². The van der Waals surface area contributed by atoms with E-state index in [-0.39, 0.29) is 0 Å². The minimum absolute atomic E-state index is 0.294. The zero-order valence-corrected chi connectivity index (χ0v) is 6.57. The van der Waals surface area contributed by atoms with Crippen LogP contribution in [0.25, 0.3) is 0 Å². The lowest BCUT2D eigenvalue weighted by molar-refractivity contribution is -0.137. The van der Waals surface area contributed by atoms with Crippen LogP contribution in [0.4, 0.5) is 0 Å². The van der Waals surface area contributed by atoms with Gasteiger partial charge in [-0.3, -0.25) is 4.79 Å². The Kier molecular flexibility index (Phi) is 4.58. The fourth-order valence-corrected chi connectivity index (χ4v) is 0.798. The molecule has 0 rings (SSSR count). The largest absolute Gasteiger partial charge is 0.481 e. The fourth-order valence-electron chi connectivity index (χ4n) is 0.445. The maximum atomic E-state index is 10.0. The van der Waals surface area contributed by atoms with E-state index in [0.717, 1.165) is 6.42 Å². The Hall–Kier alpha value is -0.180. The van der Waals surface area contributed by atoms with Gasteiger partial charge in [0.2, 0.25) is 0 Å². The lowest BCUT2D eigenvalue weighted by atomic mass is 10.2. The van der Waals surface area contributed by atoms with Gasteiger partial charge in [-0.2, -0.15) is 11.8 Å². The molecule has 9 heavy (non-hydrogen) atoms. The fraction of sp³-hybridized carbons (Fsp3) is 0.833. The molecule has 0 radical (unpaired) electrons. The molecule has 0 aromatic heterocycles. The van der Waals surface area contributed by atoms with Crippen molar-refractivity contribution in [1.29, 1.82) is 0 Å². The Morgan fingerprint density at radius 1 is 1.78 bits per heavy atom. The van der Waals surface area contributed by atoms with Crippen molar-refractivity contribution < 1.29 is 9.90 Å². The van der Waals surface area contributed by atoms with Crippen molar-refractivity contribution in [2.24, 2.45) is 0 Å². The third-order valence-electron chi connectivity index (χ3n) is 1.17. The first-order valence-corrected chi connectivity index (χ1v) is 4.20. The van der Waals surface area contributed by atoms with E-state index >= 15 is 0 Å². The molecule has 0 amide bonds. The summed E-state index contributed by atoms with van der Waals surface area (Å²) in [5.41, 5.74) is 0. The molecular formula is C6H12O2S. The smallest absolute Gasteiger partial charge is 0.303 e. The molecule has 0 bridgehead atoms. The summed E-state index contributed by atoms with van der Waals surface area (Å²) in [7, 11) is 0. The number of carboxylic acid groups (broad SMARTS) is 1. The maximum Gasteiger partial charge on any atom is 0.303 e. The van der Waals surface area contributed by atoms with Crippen LogP contribution in [0.3, 0.4) is 0 Å². The Morgan fingerprint density at radius 2 is 2.33 bits per heavy atom. The van der Waals surface area contributed by atoms with E-state index in [0.29, 0.717) is 11.7 Å². The van der Waals surface area contributed by atoms with E-state index in [1.807, 2.05) is 13.2 Å². The Morgan fingerprint density at radius 3 is 2.67 bits per heavy atom. The molecule has 0 spiro atoms. The zero-order valence-electron chi connectivity index (χ0n) is 5.76. The van der Waals surface area contributed by atoms with Crippen LogP contribution in [0.1, 0.15) is 19.8 Å². The van der Waals surface area contributed by atoms with Crippen LogP contribution in [-0.4, -0.2) is 22.6 Å². The van der Waals surface area contributed by atoms with Gasteiger partial charge in [-0.15, -0.1) is 0 Å². The van der Waals surface area contributed by atoms with Gasteiger partial charge >= 0.3 is 5.97 Å². The lowest BCUT2D eigenvalue weighted by Gasteiger charge is -2.03.